The Bertz CT molecular complexity index is 1130. The summed E-state index contributed by atoms with van der Waals surface area (Å²) in [5.74, 6) is -2.84. The average molecular weight is 500 g/mol. The number of carbonyl (C=O) groups excluding carboxylic acids is 1. The molecule has 0 spiro atoms. The van der Waals surface area contributed by atoms with E-state index in [0.29, 0.717) is 23.4 Å². The fourth-order valence-corrected chi connectivity index (χ4v) is 3.77. The zero-order chi connectivity index (χ0) is 24.7. The minimum Gasteiger partial charge on any atom is -0.475 e. The molecule has 0 aliphatic carbocycles. The van der Waals surface area contributed by atoms with Gasteiger partial charge in [-0.15, -0.1) is 11.3 Å². The van der Waals surface area contributed by atoms with Crippen LogP contribution in [-0.4, -0.2) is 77.6 Å². The first-order chi connectivity index (χ1) is 16.1. The van der Waals surface area contributed by atoms with Gasteiger partial charge in [-0.1, -0.05) is 5.16 Å². The van der Waals surface area contributed by atoms with Crippen LogP contribution < -0.4 is 5.32 Å². The molecule has 1 aliphatic heterocycles. The van der Waals surface area contributed by atoms with E-state index >= 15 is 0 Å². The number of carboxylic acid groups (broad SMARTS) is 1. The first-order valence-corrected chi connectivity index (χ1v) is 11.2. The Morgan fingerprint density at radius 3 is 2.59 bits per heavy atom. The number of hydrogen-bond donors (Lipinski definition) is 2. The van der Waals surface area contributed by atoms with Gasteiger partial charge in [0.15, 0.2) is 5.58 Å². The van der Waals surface area contributed by atoms with Crippen molar-refractivity contribution in [1.82, 2.24) is 20.4 Å². The molecule has 34 heavy (non-hydrogen) atoms. The third kappa shape index (κ3) is 6.98. The summed E-state index contributed by atoms with van der Waals surface area (Å²) in [5, 5.41) is 18.0. The maximum Gasteiger partial charge on any atom is 0.490 e. The van der Waals surface area contributed by atoms with Crippen molar-refractivity contribution in [2.45, 2.75) is 19.5 Å². The summed E-state index contributed by atoms with van der Waals surface area (Å²) < 4.78 is 42.5. The molecule has 0 unspecified atom stereocenters. The van der Waals surface area contributed by atoms with Gasteiger partial charge in [-0.25, -0.2) is 9.78 Å². The minimum atomic E-state index is -5.08. The van der Waals surface area contributed by atoms with E-state index in [-0.39, 0.29) is 5.91 Å². The Balaban J connectivity index is 0.000000406. The number of rotatable bonds is 6. The lowest BCUT2D eigenvalue weighted by Gasteiger charge is -2.26. The third-order valence-corrected chi connectivity index (χ3v) is 5.65. The number of fused-ring (bicyclic) bond motifs is 1. The molecule has 1 aliphatic rings. The van der Waals surface area contributed by atoms with Gasteiger partial charge in [0.1, 0.15) is 11.4 Å². The highest BCUT2D eigenvalue weighted by molar-refractivity contribution is 7.09. The molecule has 0 radical (unpaired) electrons. The van der Waals surface area contributed by atoms with Gasteiger partial charge in [0.05, 0.1) is 23.6 Å². The average Bonchev–Trinajstić information content (AvgIpc) is 3.42. The highest BCUT2D eigenvalue weighted by Crippen LogP contribution is 2.29. The van der Waals surface area contributed by atoms with E-state index in [2.05, 4.69) is 20.4 Å². The predicted octanol–water partition coefficient (Wildman–Crippen LogP) is 3.35. The van der Waals surface area contributed by atoms with Crippen LogP contribution in [0.4, 0.5) is 13.2 Å². The van der Waals surface area contributed by atoms with E-state index in [9.17, 15) is 18.0 Å². The number of aliphatic carboxylic acids is 1. The predicted molar refractivity (Wildman–Crippen MR) is 118 cm³/mol. The van der Waals surface area contributed by atoms with E-state index in [1.54, 1.807) is 23.5 Å². The standard InChI is InChI=1S/C19H22N4O3S.C2HF3O2/c1-13-21-16(12-27-13)18-15-11-14(3-4-17(15)26-22-18)19(24)20-5-2-6-23-7-9-25-10-8-23;3-2(4,5)1(6)7/h3-4,11-12H,2,5-10H2,1H3,(H,20,24);(H,6,7). The third-order valence-electron chi connectivity index (χ3n) is 4.88. The highest BCUT2D eigenvalue weighted by atomic mass is 32.1. The van der Waals surface area contributed by atoms with Crippen LogP contribution in [0.1, 0.15) is 21.8 Å². The van der Waals surface area contributed by atoms with Crippen molar-refractivity contribution in [3.05, 3.63) is 34.2 Å². The second kappa shape index (κ2) is 11.4. The number of carbonyl (C=O) groups is 2. The smallest absolute Gasteiger partial charge is 0.475 e. The summed E-state index contributed by atoms with van der Waals surface area (Å²) in [4.78, 5) is 28.2. The summed E-state index contributed by atoms with van der Waals surface area (Å²) in [7, 11) is 0. The Hall–Kier alpha value is -3.03. The molecule has 4 rings (SSSR count). The second-order valence-electron chi connectivity index (χ2n) is 7.36. The molecule has 1 fully saturated rings. The molecule has 0 atom stereocenters. The van der Waals surface area contributed by atoms with Gasteiger partial charge in [0.25, 0.3) is 5.91 Å². The van der Waals surface area contributed by atoms with Gasteiger partial charge in [-0.2, -0.15) is 13.2 Å². The van der Waals surface area contributed by atoms with E-state index in [1.807, 2.05) is 18.4 Å². The van der Waals surface area contributed by atoms with E-state index in [4.69, 9.17) is 19.2 Å². The number of amides is 1. The molecule has 2 N–H and O–H groups in total. The van der Waals surface area contributed by atoms with Crippen LogP contribution in [0.25, 0.3) is 22.4 Å². The Morgan fingerprint density at radius 2 is 1.97 bits per heavy atom. The van der Waals surface area contributed by atoms with Gasteiger partial charge < -0.3 is 19.7 Å². The maximum absolute atomic E-state index is 12.5. The van der Waals surface area contributed by atoms with Gasteiger partial charge in [-0.3, -0.25) is 9.69 Å². The van der Waals surface area contributed by atoms with E-state index in [1.165, 1.54) is 0 Å². The number of aryl methyl sites for hydroxylation is 1. The minimum absolute atomic E-state index is 0.0829. The summed E-state index contributed by atoms with van der Waals surface area (Å²) in [5.41, 5.74) is 2.71. The number of carboxylic acids is 1. The number of aromatic nitrogens is 2. The summed E-state index contributed by atoms with van der Waals surface area (Å²) in [6, 6.07) is 5.38. The normalized spacial score (nSPS) is 14.5. The van der Waals surface area contributed by atoms with Crippen molar-refractivity contribution in [1.29, 1.82) is 0 Å². The number of nitrogens with zero attached hydrogens (tertiary/aromatic N) is 3. The fourth-order valence-electron chi connectivity index (χ4n) is 3.17. The SMILES string of the molecule is Cc1nc(-c2noc3ccc(C(=O)NCCCN4CCOCC4)cc23)cs1.O=C(O)C(F)(F)F. The largest absolute Gasteiger partial charge is 0.490 e. The summed E-state index contributed by atoms with van der Waals surface area (Å²) in [6.07, 6.45) is -4.16. The molecule has 0 saturated carbocycles. The molecule has 184 valence electrons. The van der Waals surface area contributed by atoms with Gasteiger partial charge in [0, 0.05) is 30.6 Å². The maximum atomic E-state index is 12.5. The molecule has 3 heterocycles. The first-order valence-electron chi connectivity index (χ1n) is 10.4. The van der Waals surface area contributed by atoms with Crippen molar-refractivity contribution in [2.24, 2.45) is 0 Å². The number of morpholine rings is 1. The lowest BCUT2D eigenvalue weighted by atomic mass is 10.1. The first kappa shape index (κ1) is 25.6. The van der Waals surface area contributed by atoms with Crippen molar-refractivity contribution >= 4 is 34.2 Å². The molecule has 13 heteroatoms. The van der Waals surface area contributed by atoms with Gasteiger partial charge in [-0.05, 0) is 38.1 Å². The van der Waals surface area contributed by atoms with Crippen LogP contribution in [0.5, 0.6) is 0 Å². The van der Waals surface area contributed by atoms with Crippen LogP contribution in [-0.2, 0) is 9.53 Å². The van der Waals surface area contributed by atoms with Crippen LogP contribution in [0, 0.1) is 6.92 Å². The number of thiazole rings is 1. The lowest BCUT2D eigenvalue weighted by molar-refractivity contribution is -0.192. The number of halogens is 3. The van der Waals surface area contributed by atoms with Crippen molar-refractivity contribution in [2.75, 3.05) is 39.4 Å². The molecule has 1 aromatic carbocycles. The number of hydrogen-bond acceptors (Lipinski definition) is 8. The molecule has 3 aromatic rings. The van der Waals surface area contributed by atoms with Crippen LogP contribution in [0.3, 0.4) is 0 Å². The molecular formula is C21H23F3N4O5S. The molecule has 1 amide bonds. The molecular weight excluding hydrogens is 477 g/mol. The van der Waals surface area contributed by atoms with Crippen molar-refractivity contribution < 1.29 is 37.1 Å². The molecule has 9 nitrogen and oxygen atoms in total. The van der Waals surface area contributed by atoms with Crippen LogP contribution in [0.2, 0.25) is 0 Å². The quantitative estimate of drug-likeness (QED) is 0.495. The van der Waals surface area contributed by atoms with E-state index in [0.717, 1.165) is 55.4 Å². The highest BCUT2D eigenvalue weighted by Gasteiger charge is 2.38. The number of alkyl halides is 3. The Kier molecular flexibility index (Phi) is 8.58. The Morgan fingerprint density at radius 1 is 1.26 bits per heavy atom. The molecule has 1 saturated heterocycles. The summed E-state index contributed by atoms with van der Waals surface area (Å²) in [6.45, 7) is 7.11. The monoisotopic (exact) mass is 500 g/mol. The number of nitrogens with one attached hydrogen (secondary N) is 1. The van der Waals surface area contributed by atoms with Crippen molar-refractivity contribution in [3.63, 3.8) is 0 Å². The Labute approximate surface area is 196 Å². The van der Waals surface area contributed by atoms with E-state index < -0.39 is 12.1 Å². The zero-order valence-electron chi connectivity index (χ0n) is 18.2. The summed E-state index contributed by atoms with van der Waals surface area (Å²) >= 11 is 1.56. The van der Waals surface area contributed by atoms with Crippen LogP contribution >= 0.6 is 11.3 Å². The second-order valence-corrected chi connectivity index (χ2v) is 8.42. The van der Waals surface area contributed by atoms with Crippen LogP contribution in [0.15, 0.2) is 28.1 Å². The lowest BCUT2D eigenvalue weighted by Crippen LogP contribution is -2.38. The van der Waals surface area contributed by atoms with Gasteiger partial charge >= 0.3 is 12.1 Å². The van der Waals surface area contributed by atoms with Gasteiger partial charge in [0.2, 0.25) is 0 Å². The zero-order valence-corrected chi connectivity index (χ0v) is 19.0. The number of benzene rings is 1. The fraction of sp³-hybridized carbons (Fsp3) is 0.429. The number of ether oxygens (including phenoxy) is 1. The molecule has 2 aromatic heterocycles. The molecule has 0 bridgehead atoms. The topological polar surface area (TPSA) is 118 Å². The van der Waals surface area contributed by atoms with Crippen molar-refractivity contribution in [3.8, 4) is 11.4 Å².